The average Bonchev–Trinajstić information content (AvgIpc) is 2.42. The zero-order valence-corrected chi connectivity index (χ0v) is 11.6. The Kier molecular flexibility index (Phi) is 3.05. The molecule has 3 N–H and O–H groups in total. The van der Waals surface area contributed by atoms with E-state index < -0.39 is 0 Å². The van der Waals surface area contributed by atoms with Crippen molar-refractivity contribution in [3.8, 4) is 0 Å². The van der Waals surface area contributed by atoms with Gasteiger partial charge >= 0.3 is 0 Å². The number of nitrogens with one attached hydrogen (secondary N) is 1. The smallest absolute Gasteiger partial charge is 0.144 e. The first-order valence-corrected chi connectivity index (χ1v) is 6.54. The molecule has 0 bridgehead atoms. The summed E-state index contributed by atoms with van der Waals surface area (Å²) in [6.07, 6.45) is 3.40. The van der Waals surface area contributed by atoms with Crippen molar-refractivity contribution in [1.82, 2.24) is 9.97 Å². The third-order valence-electron chi connectivity index (χ3n) is 2.72. The van der Waals surface area contributed by atoms with E-state index in [1.165, 1.54) is 0 Å². The van der Waals surface area contributed by atoms with Crippen molar-refractivity contribution in [3.63, 3.8) is 0 Å². The summed E-state index contributed by atoms with van der Waals surface area (Å²) in [5.74, 6) is 0.714. The van der Waals surface area contributed by atoms with Crippen LogP contribution in [0.5, 0.6) is 0 Å². The van der Waals surface area contributed by atoms with Crippen LogP contribution < -0.4 is 11.1 Å². The number of pyridine rings is 2. The summed E-state index contributed by atoms with van der Waals surface area (Å²) in [6.45, 7) is 0. The number of halogens is 1. The average molecular weight is 315 g/mol. The molecule has 5 heteroatoms. The van der Waals surface area contributed by atoms with Gasteiger partial charge in [-0.25, -0.2) is 4.98 Å². The number of fused-ring (bicyclic) bond motifs is 1. The molecule has 0 radical (unpaired) electrons. The second-order valence-electron chi connectivity index (χ2n) is 4.14. The lowest BCUT2D eigenvalue weighted by atomic mass is 10.2. The lowest BCUT2D eigenvalue weighted by Gasteiger charge is -2.08. The summed E-state index contributed by atoms with van der Waals surface area (Å²) in [6, 6.07) is 11.8. The minimum atomic E-state index is 0.620. The topological polar surface area (TPSA) is 63.8 Å². The molecule has 0 amide bonds. The molecule has 4 nitrogen and oxygen atoms in total. The molecular formula is C14H11BrN4. The van der Waals surface area contributed by atoms with Crippen LogP contribution in [0.1, 0.15) is 0 Å². The highest BCUT2D eigenvalue weighted by atomic mass is 79.9. The minimum Gasteiger partial charge on any atom is -0.397 e. The molecule has 19 heavy (non-hydrogen) atoms. The van der Waals surface area contributed by atoms with Crippen LogP contribution in [-0.2, 0) is 0 Å². The lowest BCUT2D eigenvalue weighted by molar-refractivity contribution is 1.28. The Balaban J connectivity index is 1.96. The van der Waals surface area contributed by atoms with Gasteiger partial charge < -0.3 is 11.1 Å². The van der Waals surface area contributed by atoms with E-state index in [4.69, 9.17) is 5.73 Å². The standard InChI is InChI=1S/C14H11BrN4/c15-12-6-10(16)7-18-14(12)19-11-5-9-3-1-2-4-13(9)17-8-11/h1-8H,16H2,(H,18,19). The zero-order chi connectivity index (χ0) is 13.2. The fourth-order valence-electron chi connectivity index (χ4n) is 1.82. The molecule has 0 spiro atoms. The minimum absolute atomic E-state index is 0.620. The van der Waals surface area contributed by atoms with E-state index in [-0.39, 0.29) is 0 Å². The highest BCUT2D eigenvalue weighted by Gasteiger charge is 2.03. The van der Waals surface area contributed by atoms with Crippen molar-refractivity contribution in [2.75, 3.05) is 11.1 Å². The zero-order valence-electron chi connectivity index (χ0n) is 9.97. The normalized spacial score (nSPS) is 10.6. The molecule has 2 aromatic heterocycles. The van der Waals surface area contributed by atoms with Gasteiger partial charge in [0, 0.05) is 5.39 Å². The maximum absolute atomic E-state index is 5.66. The fraction of sp³-hybridized carbons (Fsp3) is 0. The van der Waals surface area contributed by atoms with E-state index in [0.717, 1.165) is 21.1 Å². The van der Waals surface area contributed by atoms with Crippen LogP contribution in [0.3, 0.4) is 0 Å². The number of rotatable bonds is 2. The monoisotopic (exact) mass is 314 g/mol. The van der Waals surface area contributed by atoms with Crippen LogP contribution in [0.4, 0.5) is 17.2 Å². The number of nitrogen functional groups attached to an aromatic ring is 1. The molecule has 0 saturated heterocycles. The molecule has 0 atom stereocenters. The van der Waals surface area contributed by atoms with Gasteiger partial charge in [0.05, 0.1) is 33.8 Å². The Bertz CT molecular complexity index is 742. The highest BCUT2D eigenvalue weighted by molar-refractivity contribution is 9.10. The molecule has 0 aliphatic carbocycles. The number of benzene rings is 1. The van der Waals surface area contributed by atoms with E-state index in [0.29, 0.717) is 11.5 Å². The molecule has 1 aromatic carbocycles. The summed E-state index contributed by atoms with van der Waals surface area (Å²) in [5, 5.41) is 4.30. The molecule has 2 heterocycles. The number of hydrogen-bond donors (Lipinski definition) is 2. The number of anilines is 3. The van der Waals surface area contributed by atoms with Crippen LogP contribution in [0, 0.1) is 0 Å². The van der Waals surface area contributed by atoms with E-state index in [9.17, 15) is 0 Å². The van der Waals surface area contributed by atoms with Gasteiger partial charge in [-0.05, 0) is 34.1 Å². The summed E-state index contributed by atoms with van der Waals surface area (Å²) >= 11 is 3.43. The first-order chi connectivity index (χ1) is 9.22. The number of para-hydroxylation sites is 1. The van der Waals surface area contributed by atoms with Crippen LogP contribution in [0.15, 0.2) is 53.3 Å². The number of nitrogens with two attached hydrogens (primary N) is 1. The molecule has 3 aromatic rings. The first-order valence-electron chi connectivity index (χ1n) is 5.75. The van der Waals surface area contributed by atoms with Crippen molar-refractivity contribution < 1.29 is 0 Å². The maximum atomic E-state index is 5.66. The third-order valence-corrected chi connectivity index (χ3v) is 3.32. The molecule has 0 fully saturated rings. The van der Waals surface area contributed by atoms with Gasteiger partial charge in [0.25, 0.3) is 0 Å². The van der Waals surface area contributed by atoms with Crippen LogP contribution in [-0.4, -0.2) is 9.97 Å². The van der Waals surface area contributed by atoms with Crippen molar-refractivity contribution >= 4 is 44.0 Å². The Morgan fingerprint density at radius 1 is 1.05 bits per heavy atom. The molecule has 94 valence electrons. The Morgan fingerprint density at radius 3 is 2.74 bits per heavy atom. The van der Waals surface area contributed by atoms with Crippen molar-refractivity contribution in [1.29, 1.82) is 0 Å². The van der Waals surface area contributed by atoms with Gasteiger partial charge in [0.1, 0.15) is 5.82 Å². The predicted octanol–water partition coefficient (Wildman–Crippen LogP) is 3.72. The van der Waals surface area contributed by atoms with Crippen LogP contribution >= 0.6 is 15.9 Å². The first kappa shape index (κ1) is 11.9. The van der Waals surface area contributed by atoms with Crippen molar-refractivity contribution in [3.05, 3.63) is 53.3 Å². The van der Waals surface area contributed by atoms with Gasteiger partial charge in [-0.1, -0.05) is 18.2 Å². The highest BCUT2D eigenvalue weighted by Crippen LogP contribution is 2.26. The SMILES string of the molecule is Nc1cnc(Nc2cnc3ccccc3c2)c(Br)c1. The largest absolute Gasteiger partial charge is 0.397 e. The summed E-state index contributed by atoms with van der Waals surface area (Å²) in [4.78, 5) is 8.64. The molecular weight excluding hydrogens is 304 g/mol. The molecule has 3 rings (SSSR count). The predicted molar refractivity (Wildman–Crippen MR) is 81.4 cm³/mol. The second kappa shape index (κ2) is 4.85. The molecule has 0 saturated carbocycles. The summed E-state index contributed by atoms with van der Waals surface area (Å²) in [7, 11) is 0. The van der Waals surface area contributed by atoms with E-state index >= 15 is 0 Å². The summed E-state index contributed by atoms with van der Waals surface area (Å²) < 4.78 is 0.820. The molecule has 0 unspecified atom stereocenters. The maximum Gasteiger partial charge on any atom is 0.144 e. The third kappa shape index (κ3) is 2.51. The number of aromatic nitrogens is 2. The van der Waals surface area contributed by atoms with Gasteiger partial charge in [0.15, 0.2) is 0 Å². The van der Waals surface area contributed by atoms with Gasteiger partial charge in [-0.15, -0.1) is 0 Å². The second-order valence-corrected chi connectivity index (χ2v) is 5.00. The van der Waals surface area contributed by atoms with E-state index in [1.54, 1.807) is 12.4 Å². The Labute approximate surface area is 118 Å². The van der Waals surface area contributed by atoms with E-state index in [2.05, 4.69) is 31.2 Å². The van der Waals surface area contributed by atoms with E-state index in [1.807, 2.05) is 36.4 Å². The van der Waals surface area contributed by atoms with Crippen LogP contribution in [0.2, 0.25) is 0 Å². The van der Waals surface area contributed by atoms with Gasteiger partial charge in [-0.3, -0.25) is 4.98 Å². The summed E-state index contributed by atoms with van der Waals surface area (Å²) in [5.41, 5.74) is 8.14. The molecule has 0 aliphatic rings. The van der Waals surface area contributed by atoms with Gasteiger partial charge in [-0.2, -0.15) is 0 Å². The Hall–Kier alpha value is -2.14. The Morgan fingerprint density at radius 2 is 1.89 bits per heavy atom. The number of nitrogens with zero attached hydrogens (tertiary/aromatic N) is 2. The van der Waals surface area contributed by atoms with Crippen LogP contribution in [0.25, 0.3) is 10.9 Å². The number of hydrogen-bond acceptors (Lipinski definition) is 4. The lowest BCUT2D eigenvalue weighted by Crippen LogP contribution is -1.97. The van der Waals surface area contributed by atoms with Crippen molar-refractivity contribution in [2.45, 2.75) is 0 Å². The quantitative estimate of drug-likeness (QED) is 0.756. The van der Waals surface area contributed by atoms with Gasteiger partial charge in [0.2, 0.25) is 0 Å². The van der Waals surface area contributed by atoms with Crippen molar-refractivity contribution in [2.24, 2.45) is 0 Å². The fourth-order valence-corrected chi connectivity index (χ4v) is 2.29. The molecule has 0 aliphatic heterocycles.